The topological polar surface area (TPSA) is 37.4 Å². The first-order chi connectivity index (χ1) is 11.6. The van der Waals surface area contributed by atoms with Crippen LogP contribution in [0.1, 0.15) is 23.0 Å². The summed E-state index contributed by atoms with van der Waals surface area (Å²) in [6.45, 7) is 3.37. The SMILES string of the molecule is CC1C2=C(CCN(C(=O)c3sc4ccccc4c3Cl)C2)SC1C=O. The van der Waals surface area contributed by atoms with E-state index in [9.17, 15) is 9.59 Å². The summed E-state index contributed by atoms with van der Waals surface area (Å²) in [7, 11) is 0. The molecule has 24 heavy (non-hydrogen) atoms. The van der Waals surface area contributed by atoms with E-state index in [1.165, 1.54) is 21.8 Å². The summed E-state index contributed by atoms with van der Waals surface area (Å²) in [5.41, 5.74) is 1.24. The number of nitrogens with zero attached hydrogens (tertiary/aromatic N) is 1. The van der Waals surface area contributed by atoms with Crippen LogP contribution >= 0.6 is 34.7 Å². The van der Waals surface area contributed by atoms with Crippen LogP contribution in [0.15, 0.2) is 34.7 Å². The van der Waals surface area contributed by atoms with E-state index >= 15 is 0 Å². The highest BCUT2D eigenvalue weighted by molar-refractivity contribution is 8.04. The van der Waals surface area contributed by atoms with Gasteiger partial charge in [-0.1, -0.05) is 36.7 Å². The minimum atomic E-state index is -0.00188. The predicted molar refractivity (Wildman–Crippen MR) is 101 cm³/mol. The fraction of sp³-hybridized carbons (Fsp3) is 0.333. The average Bonchev–Trinajstić information content (AvgIpc) is 3.12. The van der Waals surface area contributed by atoms with Gasteiger partial charge in [-0.05, 0) is 28.9 Å². The molecule has 124 valence electrons. The molecule has 2 aliphatic rings. The zero-order valence-electron chi connectivity index (χ0n) is 13.1. The second kappa shape index (κ2) is 6.21. The summed E-state index contributed by atoms with van der Waals surface area (Å²) >= 11 is 9.58. The van der Waals surface area contributed by atoms with Gasteiger partial charge in [-0.15, -0.1) is 23.1 Å². The first-order valence-corrected chi connectivity index (χ1v) is 9.97. The fourth-order valence-electron chi connectivity index (χ4n) is 3.38. The fourth-order valence-corrected chi connectivity index (χ4v) is 6.22. The number of hydrogen-bond donors (Lipinski definition) is 0. The van der Waals surface area contributed by atoms with E-state index in [0.717, 1.165) is 22.8 Å². The Labute approximate surface area is 153 Å². The van der Waals surface area contributed by atoms with Crippen LogP contribution in [-0.4, -0.2) is 35.4 Å². The molecule has 6 heteroatoms. The number of thiophene rings is 1. The summed E-state index contributed by atoms with van der Waals surface area (Å²) in [5, 5.41) is 1.49. The van der Waals surface area contributed by atoms with Crippen LogP contribution in [0.25, 0.3) is 10.1 Å². The van der Waals surface area contributed by atoms with Gasteiger partial charge in [0.15, 0.2) is 0 Å². The number of amides is 1. The quantitative estimate of drug-likeness (QED) is 0.717. The Morgan fingerprint density at radius 2 is 2.17 bits per heavy atom. The highest BCUT2D eigenvalue weighted by Crippen LogP contribution is 2.45. The Morgan fingerprint density at radius 1 is 1.38 bits per heavy atom. The van der Waals surface area contributed by atoms with E-state index in [4.69, 9.17) is 11.6 Å². The number of rotatable bonds is 2. The van der Waals surface area contributed by atoms with Crippen molar-refractivity contribution in [2.24, 2.45) is 5.92 Å². The lowest BCUT2D eigenvalue weighted by atomic mass is 9.94. The van der Waals surface area contributed by atoms with E-state index in [1.807, 2.05) is 29.2 Å². The number of halogens is 1. The molecule has 1 amide bonds. The molecule has 2 unspecified atom stereocenters. The number of thioether (sulfide) groups is 1. The van der Waals surface area contributed by atoms with Gasteiger partial charge in [0.05, 0.1) is 10.3 Å². The Kier molecular flexibility index (Phi) is 4.19. The van der Waals surface area contributed by atoms with Crippen molar-refractivity contribution in [2.45, 2.75) is 18.6 Å². The van der Waals surface area contributed by atoms with Crippen molar-refractivity contribution >= 4 is 57.0 Å². The molecule has 1 aromatic heterocycles. The number of carbonyl (C=O) groups is 2. The summed E-state index contributed by atoms with van der Waals surface area (Å²) in [6.07, 6.45) is 1.87. The lowest BCUT2D eigenvalue weighted by Crippen LogP contribution is -2.37. The number of benzene rings is 1. The van der Waals surface area contributed by atoms with Gasteiger partial charge >= 0.3 is 0 Å². The van der Waals surface area contributed by atoms with E-state index in [1.54, 1.807) is 11.8 Å². The monoisotopic (exact) mass is 377 g/mol. The molecule has 3 nitrogen and oxygen atoms in total. The van der Waals surface area contributed by atoms with Gasteiger partial charge < -0.3 is 9.69 Å². The third-order valence-electron chi connectivity index (χ3n) is 4.80. The lowest BCUT2D eigenvalue weighted by Gasteiger charge is -2.29. The highest BCUT2D eigenvalue weighted by Gasteiger charge is 2.37. The Morgan fingerprint density at radius 3 is 2.92 bits per heavy atom. The Hall–Kier alpha value is -1.30. The van der Waals surface area contributed by atoms with Crippen LogP contribution in [0.3, 0.4) is 0 Å². The maximum absolute atomic E-state index is 13.0. The van der Waals surface area contributed by atoms with Crippen LogP contribution < -0.4 is 0 Å². The molecule has 0 spiro atoms. The highest BCUT2D eigenvalue weighted by atomic mass is 35.5. The van der Waals surface area contributed by atoms with Crippen molar-refractivity contribution in [1.82, 2.24) is 4.90 Å². The number of fused-ring (bicyclic) bond motifs is 1. The van der Waals surface area contributed by atoms with Crippen LogP contribution in [-0.2, 0) is 4.79 Å². The summed E-state index contributed by atoms with van der Waals surface area (Å²) in [5.74, 6) is 0.204. The summed E-state index contributed by atoms with van der Waals surface area (Å²) < 4.78 is 1.04. The van der Waals surface area contributed by atoms with Gasteiger partial charge in [-0.25, -0.2) is 0 Å². The standard InChI is InChI=1S/C18H16ClNO2S2/c1-10-12-8-20(7-6-14(12)23-15(10)9-21)18(22)17-16(19)11-4-2-3-5-13(11)24-17/h2-5,9-10,15H,6-8H2,1H3. The molecule has 2 atom stereocenters. The van der Waals surface area contributed by atoms with Gasteiger partial charge in [-0.3, -0.25) is 4.79 Å². The minimum Gasteiger partial charge on any atom is -0.334 e. The van der Waals surface area contributed by atoms with Crippen LogP contribution in [0.4, 0.5) is 0 Å². The Balaban J connectivity index is 1.62. The second-order valence-electron chi connectivity index (χ2n) is 6.17. The van der Waals surface area contributed by atoms with Crippen LogP contribution in [0.5, 0.6) is 0 Å². The molecular weight excluding hydrogens is 362 g/mol. The van der Waals surface area contributed by atoms with Gasteiger partial charge in [0.2, 0.25) is 0 Å². The van der Waals surface area contributed by atoms with Gasteiger partial charge in [0.1, 0.15) is 11.2 Å². The summed E-state index contributed by atoms with van der Waals surface area (Å²) in [4.78, 5) is 28.0. The molecule has 0 N–H and O–H groups in total. The number of carbonyl (C=O) groups excluding carboxylic acids is 2. The molecule has 2 aliphatic heterocycles. The van der Waals surface area contributed by atoms with E-state index in [2.05, 4.69) is 6.92 Å². The molecule has 3 heterocycles. The molecule has 0 saturated heterocycles. The average molecular weight is 378 g/mol. The zero-order chi connectivity index (χ0) is 16.8. The van der Waals surface area contributed by atoms with Crippen molar-refractivity contribution in [3.63, 3.8) is 0 Å². The van der Waals surface area contributed by atoms with Gasteiger partial charge in [-0.2, -0.15) is 0 Å². The third-order valence-corrected chi connectivity index (χ3v) is 8.01. The van der Waals surface area contributed by atoms with Gasteiger partial charge in [0.25, 0.3) is 5.91 Å². The van der Waals surface area contributed by atoms with Crippen molar-refractivity contribution in [2.75, 3.05) is 13.1 Å². The van der Waals surface area contributed by atoms with Crippen molar-refractivity contribution < 1.29 is 9.59 Å². The summed E-state index contributed by atoms with van der Waals surface area (Å²) in [6, 6.07) is 7.83. The third kappa shape index (κ3) is 2.50. The molecule has 0 saturated carbocycles. The van der Waals surface area contributed by atoms with Crippen molar-refractivity contribution in [3.8, 4) is 0 Å². The van der Waals surface area contributed by atoms with Crippen LogP contribution in [0, 0.1) is 5.92 Å². The molecule has 1 aromatic carbocycles. The van der Waals surface area contributed by atoms with Gasteiger partial charge in [0, 0.05) is 23.2 Å². The molecular formula is C18H16ClNO2S2. The maximum atomic E-state index is 13.0. The molecule has 4 rings (SSSR count). The molecule has 0 fully saturated rings. The first-order valence-electron chi connectivity index (χ1n) is 7.90. The normalized spacial score (nSPS) is 23.7. The minimum absolute atomic E-state index is 0.000460. The Bertz CT molecular complexity index is 873. The van der Waals surface area contributed by atoms with Crippen LogP contribution in [0.2, 0.25) is 5.02 Å². The smallest absolute Gasteiger partial charge is 0.265 e. The maximum Gasteiger partial charge on any atom is 0.265 e. The lowest BCUT2D eigenvalue weighted by molar-refractivity contribution is -0.107. The first kappa shape index (κ1) is 16.2. The van der Waals surface area contributed by atoms with Crippen molar-refractivity contribution in [1.29, 1.82) is 0 Å². The largest absolute Gasteiger partial charge is 0.334 e. The molecule has 0 aliphatic carbocycles. The number of aldehydes is 1. The van der Waals surface area contributed by atoms with E-state index in [-0.39, 0.29) is 17.1 Å². The van der Waals surface area contributed by atoms with Crippen molar-refractivity contribution in [3.05, 3.63) is 44.6 Å². The second-order valence-corrected chi connectivity index (χ2v) is 8.88. The van der Waals surface area contributed by atoms with E-state index < -0.39 is 0 Å². The molecule has 0 bridgehead atoms. The van der Waals surface area contributed by atoms with E-state index in [0.29, 0.717) is 23.0 Å². The molecule has 0 radical (unpaired) electrons. The zero-order valence-corrected chi connectivity index (χ0v) is 15.5. The number of hydrogen-bond acceptors (Lipinski definition) is 4. The predicted octanol–water partition coefficient (Wildman–Crippen LogP) is 4.61. The molecule has 2 aromatic rings.